The van der Waals surface area contributed by atoms with E-state index in [9.17, 15) is 0 Å². The summed E-state index contributed by atoms with van der Waals surface area (Å²) in [4.78, 5) is 9.87. The van der Waals surface area contributed by atoms with E-state index in [-0.39, 0.29) is 31.9 Å². The number of fused-ring (bicyclic) bond motifs is 4. The number of hydrogen-bond donors (Lipinski definition) is 0. The molecule has 0 fully saturated rings. The van der Waals surface area contributed by atoms with E-state index in [1.807, 2.05) is 42.6 Å². The number of benzene rings is 7. The Hall–Kier alpha value is -5.30. The monoisotopic (exact) mass is 1180 g/mol. The van der Waals surface area contributed by atoms with Crippen molar-refractivity contribution < 1.29 is 24.5 Å². The largest absolute Gasteiger partial charge is 0 e. The number of pyridine rings is 1. The summed E-state index contributed by atoms with van der Waals surface area (Å²) in [7, 11) is 0. The van der Waals surface area contributed by atoms with Crippen LogP contribution in [0.4, 0.5) is 0 Å². The van der Waals surface area contributed by atoms with E-state index in [0.29, 0.717) is 0 Å². The summed E-state index contributed by atoms with van der Waals surface area (Å²) in [5.41, 5.74) is 15.3. The van der Waals surface area contributed by atoms with Crippen LogP contribution in [0.5, 0.6) is 0 Å². The molecule has 3 heterocycles. The molecule has 339 valence electrons. The Morgan fingerprint density at radius 3 is 1.81 bits per heavy atom. The Morgan fingerprint density at radius 1 is 0.552 bits per heavy atom. The molecule has 0 saturated carbocycles. The van der Waals surface area contributed by atoms with Crippen LogP contribution in [-0.4, -0.2) is 41.1 Å². The molecule has 7 heteroatoms. The predicted molar refractivity (Wildman–Crippen MR) is 286 cm³/mol. The van der Waals surface area contributed by atoms with Crippen molar-refractivity contribution in [1.29, 1.82) is 0 Å². The molecule has 4 nitrogen and oxygen atoms in total. The molecule has 0 N–H and O–H groups in total. The number of furan rings is 1. The fraction of sp³-hybridized carbons (Fsp3) is 0.200. The number of para-hydroxylation sites is 2. The molecule has 0 saturated heterocycles. The van der Waals surface area contributed by atoms with Gasteiger partial charge < -0.3 is 4.42 Å². The zero-order chi connectivity index (χ0) is 46.3. The second-order valence-corrected chi connectivity index (χ2v) is 41.4. The van der Waals surface area contributed by atoms with Gasteiger partial charge in [0.1, 0.15) is 5.58 Å². The normalized spacial score (nSPS) is 11.9. The fourth-order valence-electron chi connectivity index (χ4n) is 8.84. The summed E-state index contributed by atoms with van der Waals surface area (Å²) in [6.45, 7) is 9.22. The third-order valence-corrected chi connectivity index (χ3v) is 21.2. The topological polar surface area (TPSA) is 43.9 Å². The third kappa shape index (κ3) is 9.99. The molecule has 0 spiro atoms. The van der Waals surface area contributed by atoms with E-state index >= 15 is 0 Å². The van der Waals surface area contributed by atoms with Crippen molar-refractivity contribution in [2.24, 2.45) is 0 Å². The number of imidazole rings is 1. The Kier molecular flexibility index (Phi) is 14.2. The van der Waals surface area contributed by atoms with Crippen molar-refractivity contribution in [3.05, 3.63) is 187 Å². The predicted octanol–water partition coefficient (Wildman–Crippen LogP) is 15.6. The standard InChI is InChI=1S/C46H43GeN2O.C14H16GeN.Ir/c1-29(2)39-26-34(32-20-23-35(24-21-32)47(5,6)7)27-40(30(3)4)44(39)49-42-19-12-11-18-41(42)48-46(49)38-17-13-16-37-36-25-22-33(28-43(36)50-45(37)38)31-14-9-8-10-15-31;1-15(2,3)13-9-10-14(16-11-13)12-7-5-4-6-8-12;/h8-16,18-30H,1-7H3;4-7,9-11H,1-3H3;/q2*-1;. The van der Waals surface area contributed by atoms with Gasteiger partial charge in [-0.05, 0) is 17.2 Å². The van der Waals surface area contributed by atoms with Gasteiger partial charge in [-0.3, -0.25) is 0 Å². The maximum Gasteiger partial charge on any atom is 0 e. The van der Waals surface area contributed by atoms with Crippen molar-refractivity contribution in [2.45, 2.75) is 74.1 Å². The summed E-state index contributed by atoms with van der Waals surface area (Å²) in [5, 5.41) is 2.16. The van der Waals surface area contributed by atoms with E-state index in [1.165, 1.54) is 42.3 Å². The average molecular weight is 1180 g/mol. The van der Waals surface area contributed by atoms with E-state index < -0.39 is 26.5 Å². The number of rotatable bonds is 9. The molecular weight excluding hydrogens is 1120 g/mol. The zero-order valence-corrected chi connectivity index (χ0v) is 46.9. The molecule has 0 unspecified atom stereocenters. The van der Waals surface area contributed by atoms with Crippen LogP contribution in [0.15, 0.2) is 168 Å². The van der Waals surface area contributed by atoms with Crippen LogP contribution in [0.1, 0.15) is 50.7 Å². The van der Waals surface area contributed by atoms with Crippen LogP contribution >= 0.6 is 0 Å². The van der Waals surface area contributed by atoms with Gasteiger partial charge in [-0.1, -0.05) is 53.9 Å². The van der Waals surface area contributed by atoms with Crippen LogP contribution < -0.4 is 8.79 Å². The first kappa shape index (κ1) is 48.2. The van der Waals surface area contributed by atoms with Crippen LogP contribution in [0.2, 0.25) is 34.5 Å². The van der Waals surface area contributed by atoms with Crippen molar-refractivity contribution in [3.8, 4) is 50.6 Å². The maximum absolute atomic E-state index is 6.77. The summed E-state index contributed by atoms with van der Waals surface area (Å²) >= 11 is -3.64. The summed E-state index contributed by atoms with van der Waals surface area (Å²) in [5.74, 6) is 15.9. The van der Waals surface area contributed by atoms with E-state index in [0.717, 1.165) is 61.2 Å². The van der Waals surface area contributed by atoms with E-state index in [4.69, 9.17) is 9.40 Å². The van der Waals surface area contributed by atoms with Gasteiger partial charge in [-0.15, -0.1) is 12.1 Å². The first-order chi connectivity index (χ1) is 31.7. The minimum Gasteiger partial charge on any atom is 0 e. The molecule has 0 atom stereocenters. The van der Waals surface area contributed by atoms with E-state index in [2.05, 4.69) is 205 Å². The minimum absolute atomic E-state index is 0. The quantitative estimate of drug-likeness (QED) is 0.107. The Morgan fingerprint density at radius 2 is 1.18 bits per heavy atom. The summed E-state index contributed by atoms with van der Waals surface area (Å²) < 4.78 is 12.1. The summed E-state index contributed by atoms with van der Waals surface area (Å²) in [6.07, 6.45) is 2.04. The maximum atomic E-state index is 6.77. The van der Waals surface area contributed by atoms with Gasteiger partial charge in [0.25, 0.3) is 0 Å². The molecule has 10 aromatic rings. The van der Waals surface area contributed by atoms with Crippen molar-refractivity contribution in [3.63, 3.8) is 0 Å². The van der Waals surface area contributed by atoms with E-state index in [1.54, 1.807) is 0 Å². The molecule has 0 aliphatic rings. The van der Waals surface area contributed by atoms with Gasteiger partial charge in [0.15, 0.2) is 0 Å². The molecule has 0 aliphatic carbocycles. The third-order valence-electron chi connectivity index (χ3n) is 12.7. The molecule has 0 bridgehead atoms. The molecule has 0 amide bonds. The first-order valence-corrected chi connectivity index (χ1v) is 38.0. The molecule has 3 aromatic heterocycles. The Bertz CT molecular complexity index is 3280. The van der Waals surface area contributed by atoms with Gasteiger partial charge in [-0.2, -0.15) is 0 Å². The minimum atomic E-state index is -1.92. The van der Waals surface area contributed by atoms with Gasteiger partial charge >= 0.3 is 300 Å². The molecule has 0 aliphatic heterocycles. The van der Waals surface area contributed by atoms with Gasteiger partial charge in [0.05, 0.1) is 0 Å². The fourth-order valence-corrected chi connectivity index (χ4v) is 13.5. The second-order valence-electron chi connectivity index (χ2n) is 20.1. The second kappa shape index (κ2) is 19.7. The molecule has 1 radical (unpaired) electrons. The van der Waals surface area contributed by atoms with Gasteiger partial charge in [0.2, 0.25) is 0 Å². The Labute approximate surface area is 416 Å². The number of nitrogens with zero attached hydrogens (tertiary/aromatic N) is 3. The van der Waals surface area contributed by atoms with Crippen molar-refractivity contribution in [2.75, 3.05) is 0 Å². The van der Waals surface area contributed by atoms with Crippen LogP contribution in [0, 0.1) is 12.1 Å². The smallest absolute Gasteiger partial charge is 0 e. The van der Waals surface area contributed by atoms with Crippen LogP contribution in [0.25, 0.3) is 83.6 Å². The van der Waals surface area contributed by atoms with Gasteiger partial charge in [0, 0.05) is 25.5 Å². The Balaban J connectivity index is 0.000000303. The molecule has 7 aromatic carbocycles. The summed E-state index contributed by atoms with van der Waals surface area (Å²) in [6, 6.07) is 62.9. The number of hydrogen-bond acceptors (Lipinski definition) is 3. The van der Waals surface area contributed by atoms with Crippen LogP contribution in [-0.2, 0) is 20.1 Å². The zero-order valence-electron chi connectivity index (χ0n) is 40.3. The molecule has 67 heavy (non-hydrogen) atoms. The van der Waals surface area contributed by atoms with Crippen LogP contribution in [0.3, 0.4) is 0 Å². The average Bonchev–Trinajstić information content (AvgIpc) is 3.90. The SMILES string of the molecule is CC(C)c1cc(-c2cc[c]([Ge]([CH3])([CH3])[CH3])cc2)cc(C(C)C)c1-n1c(-c2[c-]ccc3c2oc2cc(-c4ccccc4)ccc23)nc2ccccc21.[CH3][Ge]([CH3])([CH3])[c]1ccc(-c2[c-]cccc2)nc1.[Ir]. The molecular formula is C60H59Ge2IrN3O-2. The van der Waals surface area contributed by atoms with Crippen molar-refractivity contribution >= 4 is 68.3 Å². The first-order valence-electron chi connectivity index (χ1n) is 23.3. The van der Waals surface area contributed by atoms with Crippen molar-refractivity contribution in [1.82, 2.24) is 14.5 Å². The number of aromatic nitrogens is 3. The van der Waals surface area contributed by atoms with Gasteiger partial charge in [-0.25, -0.2) is 0 Å². The molecule has 10 rings (SSSR count).